The molecule has 0 aromatic carbocycles. The van der Waals surface area contributed by atoms with E-state index in [1.54, 1.807) is 0 Å². The first kappa shape index (κ1) is 28.1. The quantitative estimate of drug-likeness (QED) is 0.290. The second kappa shape index (κ2) is 15.5. The van der Waals surface area contributed by atoms with E-state index in [0.717, 1.165) is 50.3 Å². The summed E-state index contributed by atoms with van der Waals surface area (Å²) in [4.78, 5) is 4.58. The van der Waals surface area contributed by atoms with Crippen LogP contribution < -0.4 is 9.47 Å². The lowest BCUT2D eigenvalue weighted by molar-refractivity contribution is 0.00465. The molecule has 2 aromatic heterocycles. The van der Waals surface area contributed by atoms with E-state index in [9.17, 15) is 0 Å². The van der Waals surface area contributed by atoms with Crippen LogP contribution in [0.3, 0.4) is 0 Å². The Balaban J connectivity index is 0.981. The molecule has 0 spiro atoms. The summed E-state index contributed by atoms with van der Waals surface area (Å²) in [6.07, 6.45) is 6.59. The highest BCUT2D eigenvalue weighted by atomic mass is 32.1. The predicted molar refractivity (Wildman–Crippen MR) is 146 cm³/mol. The van der Waals surface area contributed by atoms with Gasteiger partial charge < -0.3 is 33.5 Å². The molecule has 0 unspecified atom stereocenters. The van der Waals surface area contributed by atoms with Gasteiger partial charge in [0, 0.05) is 31.6 Å². The molecule has 0 saturated heterocycles. The molecule has 12 heteroatoms. The van der Waals surface area contributed by atoms with Gasteiger partial charge in [-0.25, -0.2) is 0 Å². The van der Waals surface area contributed by atoms with Crippen LogP contribution in [0.5, 0.6) is 11.8 Å². The summed E-state index contributed by atoms with van der Waals surface area (Å²) in [6.45, 7) is 7.86. The molecule has 2 aliphatic rings. The highest BCUT2D eigenvalue weighted by Crippen LogP contribution is 2.29. The van der Waals surface area contributed by atoms with E-state index in [2.05, 4.69) is 54.5 Å². The molecule has 0 amide bonds. The molecule has 10 nitrogen and oxygen atoms in total. The van der Waals surface area contributed by atoms with Crippen LogP contribution in [0.2, 0.25) is 0 Å². The van der Waals surface area contributed by atoms with Gasteiger partial charge in [0.2, 0.25) is 5.88 Å². The summed E-state index contributed by atoms with van der Waals surface area (Å²) in [5, 5.41) is 2.06. The number of ether oxygens (including phenoxy) is 5. The van der Waals surface area contributed by atoms with E-state index < -0.39 is 0 Å². The lowest BCUT2D eigenvalue weighted by Gasteiger charge is -2.22. The van der Waals surface area contributed by atoms with Crippen molar-refractivity contribution < 1.29 is 23.7 Å². The van der Waals surface area contributed by atoms with Crippen molar-refractivity contribution in [2.45, 2.75) is 12.8 Å². The van der Waals surface area contributed by atoms with Crippen molar-refractivity contribution in [3.8, 4) is 11.8 Å². The van der Waals surface area contributed by atoms with Crippen LogP contribution in [0.25, 0.3) is 11.1 Å². The van der Waals surface area contributed by atoms with Crippen molar-refractivity contribution in [2.24, 2.45) is 0 Å². The third kappa shape index (κ3) is 9.10. The molecule has 0 fully saturated rings. The van der Waals surface area contributed by atoms with Gasteiger partial charge in [-0.15, -0.1) is 4.37 Å². The van der Waals surface area contributed by atoms with Gasteiger partial charge in [0.1, 0.15) is 18.9 Å². The van der Waals surface area contributed by atoms with Crippen molar-refractivity contribution >= 4 is 34.4 Å². The van der Waals surface area contributed by atoms with E-state index in [4.69, 9.17) is 23.7 Å². The molecule has 0 atom stereocenters. The van der Waals surface area contributed by atoms with Crippen molar-refractivity contribution in [2.75, 3.05) is 93.1 Å². The smallest absolute Gasteiger partial charge is 0.253 e. The Hall–Kier alpha value is -1.93. The zero-order chi connectivity index (χ0) is 25.7. The van der Waals surface area contributed by atoms with Crippen molar-refractivity contribution in [3.63, 3.8) is 0 Å². The van der Waals surface area contributed by atoms with Crippen LogP contribution in [0, 0.1) is 0 Å². The fraction of sp³-hybridized carbons (Fsp3) is 0.640. The number of rotatable bonds is 16. The minimum atomic E-state index is 0.430. The van der Waals surface area contributed by atoms with E-state index in [-0.39, 0.29) is 0 Å². The molecule has 0 aliphatic carbocycles. The number of hydrogen-bond acceptors (Lipinski definition) is 12. The first-order valence-electron chi connectivity index (χ1n) is 12.7. The lowest BCUT2D eigenvalue weighted by Crippen LogP contribution is -2.25. The molecule has 4 heterocycles. The van der Waals surface area contributed by atoms with Crippen LogP contribution >= 0.6 is 23.3 Å². The summed E-state index contributed by atoms with van der Waals surface area (Å²) in [7, 11) is 4.24. The number of aromatic nitrogens is 3. The fourth-order valence-corrected chi connectivity index (χ4v) is 5.29. The molecule has 2 aromatic rings. The van der Waals surface area contributed by atoms with Gasteiger partial charge in [-0.2, -0.15) is 8.75 Å². The van der Waals surface area contributed by atoms with E-state index in [0.29, 0.717) is 64.6 Å². The number of hydrogen-bond donors (Lipinski definition) is 0. The Morgan fingerprint density at radius 1 is 0.703 bits per heavy atom. The number of nitrogens with zero attached hydrogens (tertiary/aromatic N) is 5. The molecule has 204 valence electrons. The van der Waals surface area contributed by atoms with E-state index in [1.165, 1.54) is 34.4 Å². The molecule has 0 bridgehead atoms. The van der Waals surface area contributed by atoms with Crippen molar-refractivity contribution in [1.82, 2.24) is 22.9 Å². The first-order valence-corrected chi connectivity index (χ1v) is 14.3. The average Bonchev–Trinajstić information content (AvgIpc) is 3.56. The van der Waals surface area contributed by atoms with Gasteiger partial charge >= 0.3 is 0 Å². The van der Waals surface area contributed by atoms with Gasteiger partial charge in [0.15, 0.2) is 0 Å². The molecule has 0 saturated carbocycles. The predicted octanol–water partition coefficient (Wildman–Crippen LogP) is 2.94. The van der Waals surface area contributed by atoms with Crippen molar-refractivity contribution in [1.29, 1.82) is 0 Å². The van der Waals surface area contributed by atoms with Gasteiger partial charge in [-0.3, -0.25) is 0 Å². The van der Waals surface area contributed by atoms with Crippen molar-refractivity contribution in [3.05, 3.63) is 28.8 Å². The fourth-order valence-electron chi connectivity index (χ4n) is 4.11. The van der Waals surface area contributed by atoms with E-state index >= 15 is 0 Å². The maximum atomic E-state index is 5.85. The van der Waals surface area contributed by atoms with Crippen LogP contribution in [0.1, 0.15) is 24.1 Å². The highest BCUT2D eigenvalue weighted by Gasteiger charge is 2.19. The second-order valence-corrected chi connectivity index (χ2v) is 10.2. The van der Waals surface area contributed by atoms with Gasteiger partial charge in [-0.1, -0.05) is 12.2 Å². The number of likely N-dealkylation sites (N-methyl/N-ethyl adjacent to an activating group) is 2. The van der Waals surface area contributed by atoms with E-state index in [1.807, 2.05) is 0 Å². The molecule has 0 N–H and O–H groups in total. The molecular weight excluding hydrogens is 514 g/mol. The molecule has 37 heavy (non-hydrogen) atoms. The van der Waals surface area contributed by atoms with Crippen LogP contribution in [0.4, 0.5) is 0 Å². The van der Waals surface area contributed by atoms with Gasteiger partial charge in [-0.05, 0) is 49.6 Å². The van der Waals surface area contributed by atoms with Crippen LogP contribution in [-0.4, -0.2) is 116 Å². The Kier molecular flexibility index (Phi) is 11.7. The Morgan fingerprint density at radius 3 is 1.92 bits per heavy atom. The maximum absolute atomic E-state index is 5.85. The summed E-state index contributed by atoms with van der Waals surface area (Å²) in [6, 6.07) is 0. The third-order valence-electron chi connectivity index (χ3n) is 6.01. The lowest BCUT2D eigenvalue weighted by atomic mass is 10.0. The minimum Gasteiger partial charge on any atom is -0.474 e. The average molecular weight is 552 g/mol. The summed E-state index contributed by atoms with van der Waals surface area (Å²) < 4.78 is 41.5. The molecule has 4 rings (SSSR count). The maximum Gasteiger partial charge on any atom is 0.253 e. The monoisotopic (exact) mass is 551 g/mol. The van der Waals surface area contributed by atoms with Gasteiger partial charge in [0.05, 0.1) is 56.9 Å². The zero-order valence-electron chi connectivity index (χ0n) is 21.7. The summed E-state index contributed by atoms with van der Waals surface area (Å²) >= 11 is 2.61. The standard InChI is InChI=1S/C25H37N5O5S2/c1-29-7-3-5-20(17-29)22-19-36-27-24(22)34-15-13-32-11-9-31-10-12-33-14-16-35-25-23(26-37-28-25)21-6-4-8-30(2)18-21/h5-6,19H,3-4,7-18H2,1-2H3. The van der Waals surface area contributed by atoms with Gasteiger partial charge in [0.25, 0.3) is 5.88 Å². The normalized spacial score (nSPS) is 17.0. The molecule has 0 radical (unpaired) electrons. The highest BCUT2D eigenvalue weighted by molar-refractivity contribution is 7.04. The zero-order valence-corrected chi connectivity index (χ0v) is 23.4. The molecular formula is C25H37N5O5S2. The molecule has 2 aliphatic heterocycles. The Bertz CT molecular complexity index is 933. The Morgan fingerprint density at radius 2 is 1.27 bits per heavy atom. The van der Waals surface area contributed by atoms with Crippen LogP contribution in [-0.2, 0) is 14.2 Å². The SMILES string of the molecule is CN1CCC=C(c2csnc2OCCOCCOCCOCCOc2nsnc2C2=CCCN(C)C2)C1. The minimum absolute atomic E-state index is 0.430. The summed E-state index contributed by atoms with van der Waals surface area (Å²) in [5.74, 6) is 1.30. The first-order chi connectivity index (χ1) is 18.2. The third-order valence-corrected chi connectivity index (χ3v) is 7.13. The Labute approximate surface area is 227 Å². The van der Waals surface area contributed by atoms with Crippen LogP contribution in [0.15, 0.2) is 17.5 Å². The second-order valence-electron chi connectivity index (χ2n) is 9.00. The largest absolute Gasteiger partial charge is 0.474 e. The topological polar surface area (TPSA) is 91.3 Å². The summed E-state index contributed by atoms with van der Waals surface area (Å²) in [5.41, 5.74) is 4.42.